The summed E-state index contributed by atoms with van der Waals surface area (Å²) in [6, 6.07) is 18.0. The molecule has 0 radical (unpaired) electrons. The largest absolute Gasteiger partial charge is 0.508 e. The molecule has 0 spiro atoms. The molecule has 4 aromatic rings. The standard InChI is InChI=1S/C42H43BrFN3O7Si/c1-41(2,3)55(7,8)54-42-27(34(47(5)6)37-30(39(42)50)40(46-53-37)52-22-24-17-13-10-14-18-24)20-25-19-26-29(35(48)28(25)38(42)49)36(31(43)33(45-4)32(26)44)51-21-23-15-11-9-12-16-23/h9-18,25,27,34,49H,19-22H2,1-3,5-8H3/t25-,27-,34-,42-/m0/s1. The van der Waals surface area contributed by atoms with Crippen LogP contribution in [0.5, 0.6) is 11.6 Å². The van der Waals surface area contributed by atoms with Crippen molar-refractivity contribution in [3.8, 4) is 11.6 Å². The highest BCUT2D eigenvalue weighted by Gasteiger charge is 2.67. The Labute approximate surface area is 329 Å². The van der Waals surface area contributed by atoms with Crippen molar-refractivity contribution in [2.75, 3.05) is 14.1 Å². The van der Waals surface area contributed by atoms with E-state index in [2.05, 4.69) is 25.9 Å². The van der Waals surface area contributed by atoms with Gasteiger partial charge in [0.25, 0.3) is 5.88 Å². The molecule has 4 atom stereocenters. The van der Waals surface area contributed by atoms with Crippen LogP contribution in [0.3, 0.4) is 0 Å². The number of rotatable bonds is 9. The van der Waals surface area contributed by atoms with Crippen molar-refractivity contribution in [3.63, 3.8) is 0 Å². The van der Waals surface area contributed by atoms with E-state index >= 15 is 14.0 Å². The Bertz CT molecular complexity index is 2260. The molecule has 3 aliphatic carbocycles. The van der Waals surface area contributed by atoms with Gasteiger partial charge >= 0.3 is 0 Å². The monoisotopic (exact) mass is 827 g/mol. The van der Waals surface area contributed by atoms with Crippen molar-refractivity contribution >= 4 is 41.5 Å². The lowest BCUT2D eigenvalue weighted by Crippen LogP contribution is -2.65. The zero-order valence-electron chi connectivity index (χ0n) is 31.8. The Morgan fingerprint density at radius 2 is 1.64 bits per heavy atom. The molecule has 1 N–H and O–H groups in total. The molecule has 0 bridgehead atoms. The number of aliphatic hydroxyl groups excluding tert-OH is 1. The second kappa shape index (κ2) is 14.2. The van der Waals surface area contributed by atoms with Crippen molar-refractivity contribution in [2.24, 2.45) is 11.8 Å². The average molecular weight is 829 g/mol. The van der Waals surface area contributed by atoms with Gasteiger partial charge in [0.05, 0.1) is 22.7 Å². The van der Waals surface area contributed by atoms with Gasteiger partial charge in [-0.05, 0) is 72.8 Å². The van der Waals surface area contributed by atoms with Crippen molar-refractivity contribution in [1.82, 2.24) is 10.1 Å². The zero-order chi connectivity index (χ0) is 39.6. The number of ketones is 2. The third kappa shape index (κ3) is 6.23. The van der Waals surface area contributed by atoms with E-state index in [1.807, 2.05) is 114 Å². The van der Waals surface area contributed by atoms with Gasteiger partial charge in [-0.25, -0.2) is 9.24 Å². The molecule has 55 heavy (non-hydrogen) atoms. The maximum Gasteiger partial charge on any atom is 0.265 e. The molecule has 0 fully saturated rings. The van der Waals surface area contributed by atoms with Gasteiger partial charge in [-0.15, -0.1) is 0 Å². The quantitative estimate of drug-likeness (QED) is 0.130. The van der Waals surface area contributed by atoms with Gasteiger partial charge in [0.2, 0.25) is 11.5 Å². The molecule has 0 aliphatic heterocycles. The van der Waals surface area contributed by atoms with E-state index < -0.39 is 60.0 Å². The molecule has 0 saturated heterocycles. The van der Waals surface area contributed by atoms with Crippen molar-refractivity contribution in [2.45, 2.75) is 76.6 Å². The molecule has 1 aromatic heterocycles. The number of carbonyl (C=O) groups is 2. The predicted octanol–water partition coefficient (Wildman–Crippen LogP) is 9.73. The minimum absolute atomic E-state index is 0.00164. The normalized spacial score (nSPS) is 22.1. The number of hydrogen-bond acceptors (Lipinski definition) is 9. The van der Waals surface area contributed by atoms with Crippen LogP contribution >= 0.6 is 15.9 Å². The molecule has 1 heterocycles. The highest BCUT2D eigenvalue weighted by molar-refractivity contribution is 9.10. The van der Waals surface area contributed by atoms with E-state index in [-0.39, 0.29) is 75.9 Å². The first-order valence-electron chi connectivity index (χ1n) is 18.2. The number of nitrogens with zero attached hydrogens (tertiary/aromatic N) is 3. The van der Waals surface area contributed by atoms with Crippen LogP contribution in [0.1, 0.15) is 76.4 Å². The number of halogens is 2. The minimum Gasteiger partial charge on any atom is -0.508 e. The van der Waals surface area contributed by atoms with Crippen LogP contribution in [0.25, 0.3) is 4.85 Å². The maximum absolute atomic E-state index is 16.4. The Morgan fingerprint density at radius 3 is 2.20 bits per heavy atom. The Morgan fingerprint density at radius 1 is 1.04 bits per heavy atom. The molecule has 0 amide bonds. The number of ether oxygens (including phenoxy) is 2. The van der Waals surface area contributed by atoms with Crippen molar-refractivity contribution in [3.05, 3.63) is 127 Å². The summed E-state index contributed by atoms with van der Waals surface area (Å²) in [6.07, 6.45) is 0.122. The molecule has 286 valence electrons. The number of fused-ring (bicyclic) bond motifs is 4. The van der Waals surface area contributed by atoms with E-state index in [4.69, 9.17) is 25.0 Å². The second-order valence-corrected chi connectivity index (χ2v) is 21.7. The molecule has 3 aliphatic rings. The summed E-state index contributed by atoms with van der Waals surface area (Å²) in [4.78, 5) is 35.8. The Balaban J connectivity index is 1.44. The highest BCUT2D eigenvalue weighted by atomic mass is 79.9. The zero-order valence-corrected chi connectivity index (χ0v) is 34.4. The van der Waals surface area contributed by atoms with Gasteiger partial charge in [0.15, 0.2) is 25.5 Å². The average Bonchev–Trinajstić information content (AvgIpc) is 3.56. The first kappa shape index (κ1) is 38.7. The van der Waals surface area contributed by atoms with E-state index in [9.17, 15) is 5.11 Å². The summed E-state index contributed by atoms with van der Waals surface area (Å²) >= 11 is 3.37. The van der Waals surface area contributed by atoms with Crippen LogP contribution in [0.15, 0.2) is 81.0 Å². The molecular weight excluding hydrogens is 785 g/mol. The van der Waals surface area contributed by atoms with Crippen molar-refractivity contribution < 1.29 is 37.5 Å². The Hall–Kier alpha value is -4.61. The number of carbonyl (C=O) groups excluding carboxylic acids is 2. The molecule has 13 heteroatoms. The fraction of sp³-hybridized carbons (Fsp3) is 0.381. The molecular formula is C42H43BrFN3O7Si. The van der Waals surface area contributed by atoms with Gasteiger partial charge in [-0.2, -0.15) is 0 Å². The van der Waals surface area contributed by atoms with Crippen LogP contribution < -0.4 is 9.47 Å². The molecule has 0 unspecified atom stereocenters. The van der Waals surface area contributed by atoms with Gasteiger partial charge < -0.3 is 23.5 Å². The molecule has 3 aromatic carbocycles. The van der Waals surface area contributed by atoms with Gasteiger partial charge in [0, 0.05) is 11.5 Å². The van der Waals surface area contributed by atoms with E-state index in [0.717, 1.165) is 11.1 Å². The lowest BCUT2D eigenvalue weighted by molar-refractivity contribution is -0.0481. The molecule has 7 rings (SSSR count). The lowest BCUT2D eigenvalue weighted by Gasteiger charge is -2.55. The van der Waals surface area contributed by atoms with E-state index in [1.54, 1.807) is 0 Å². The third-order valence-corrected chi connectivity index (χ3v) is 16.8. The number of aromatic nitrogens is 1. The summed E-state index contributed by atoms with van der Waals surface area (Å²) in [5.41, 5.74) is -0.770. The first-order chi connectivity index (χ1) is 26.0. The van der Waals surface area contributed by atoms with Crippen LogP contribution in [0, 0.1) is 24.2 Å². The van der Waals surface area contributed by atoms with Crippen LogP contribution in [-0.2, 0) is 24.1 Å². The van der Waals surface area contributed by atoms with Gasteiger partial charge in [-0.1, -0.05) is 97.4 Å². The maximum atomic E-state index is 16.4. The highest BCUT2D eigenvalue weighted by Crippen LogP contribution is 2.60. The Kier molecular flexibility index (Phi) is 9.95. The second-order valence-electron chi connectivity index (χ2n) is 16.2. The summed E-state index contributed by atoms with van der Waals surface area (Å²) in [7, 11) is 0.719. The number of Topliss-reactive ketones (excluding diaryl/α,β-unsaturated/α-hetero) is 2. The smallest absolute Gasteiger partial charge is 0.265 e. The minimum atomic E-state index is -2.95. The third-order valence-electron chi connectivity index (χ3n) is 11.6. The molecule has 10 nitrogen and oxygen atoms in total. The predicted molar refractivity (Wildman–Crippen MR) is 209 cm³/mol. The summed E-state index contributed by atoms with van der Waals surface area (Å²) in [5, 5.41) is 16.7. The summed E-state index contributed by atoms with van der Waals surface area (Å²) in [5.74, 6) is -3.94. The topological polar surface area (TPSA) is 116 Å². The number of allylic oxidation sites excluding steroid dienone is 1. The van der Waals surface area contributed by atoms with Crippen molar-refractivity contribution in [1.29, 1.82) is 0 Å². The number of hydrogen-bond donors (Lipinski definition) is 1. The fourth-order valence-corrected chi connectivity index (χ4v) is 9.98. The number of aliphatic hydroxyl groups is 1. The van der Waals surface area contributed by atoms with Crippen LogP contribution in [-0.4, -0.2) is 54.7 Å². The first-order valence-corrected chi connectivity index (χ1v) is 21.9. The van der Waals surface area contributed by atoms with Gasteiger partial charge in [0.1, 0.15) is 36.1 Å². The fourth-order valence-electron chi connectivity index (χ4n) is 7.96. The van der Waals surface area contributed by atoms with E-state index in [0.29, 0.717) is 0 Å². The van der Waals surface area contributed by atoms with Crippen LogP contribution in [0.4, 0.5) is 10.1 Å². The van der Waals surface area contributed by atoms with E-state index in [1.165, 1.54) is 0 Å². The summed E-state index contributed by atoms with van der Waals surface area (Å²) < 4.78 is 41.9. The molecule has 0 saturated carbocycles. The van der Waals surface area contributed by atoms with Crippen LogP contribution in [0.2, 0.25) is 18.1 Å². The summed E-state index contributed by atoms with van der Waals surface area (Å²) in [6.45, 7) is 18.0. The SMILES string of the molecule is [C-]#[N+]c1c(F)c2c(c(OCc3ccccc3)c1Br)C(=O)C1=C(O)[C@]3(O[Si](C)(C)C(C)(C)C)C(=O)c4c(OCc5ccccc5)noc4[C@@H](N(C)C)[C@@H]3C[C@@H]1C2. The van der Waals surface area contributed by atoms with Gasteiger partial charge in [-0.3, -0.25) is 14.5 Å². The lowest BCUT2D eigenvalue weighted by atomic mass is 9.58. The number of benzene rings is 3.